The van der Waals surface area contributed by atoms with Gasteiger partial charge in [-0.1, -0.05) is 33.8 Å². The van der Waals surface area contributed by atoms with E-state index in [1.807, 2.05) is 0 Å². The van der Waals surface area contributed by atoms with Crippen molar-refractivity contribution >= 4 is 5.65 Å². The Morgan fingerprint density at radius 3 is 2.30 bits per heavy atom. The van der Waals surface area contributed by atoms with Crippen molar-refractivity contribution in [3.63, 3.8) is 0 Å². The molecular formula is C17H27N3. The van der Waals surface area contributed by atoms with E-state index in [-0.39, 0.29) is 0 Å². The van der Waals surface area contributed by atoms with Crippen LogP contribution in [0.3, 0.4) is 0 Å². The zero-order chi connectivity index (χ0) is 14.7. The third kappa shape index (κ3) is 3.83. The summed E-state index contributed by atoms with van der Waals surface area (Å²) in [5, 5.41) is 0. The summed E-state index contributed by atoms with van der Waals surface area (Å²) in [5.74, 6) is 1.38. The molecule has 110 valence electrons. The van der Waals surface area contributed by atoms with Crippen LogP contribution >= 0.6 is 0 Å². The van der Waals surface area contributed by atoms with E-state index in [1.54, 1.807) is 0 Å². The molecular weight excluding hydrogens is 246 g/mol. The summed E-state index contributed by atoms with van der Waals surface area (Å²) in [6.07, 6.45) is 2.18. The van der Waals surface area contributed by atoms with Gasteiger partial charge >= 0.3 is 0 Å². The average molecular weight is 273 g/mol. The van der Waals surface area contributed by atoms with Crippen LogP contribution in [0.15, 0.2) is 24.4 Å². The van der Waals surface area contributed by atoms with Crippen molar-refractivity contribution in [2.75, 3.05) is 13.1 Å². The Labute approximate surface area is 122 Å². The van der Waals surface area contributed by atoms with Crippen molar-refractivity contribution < 1.29 is 0 Å². The van der Waals surface area contributed by atoms with E-state index in [0.29, 0.717) is 11.8 Å². The molecule has 2 rings (SSSR count). The van der Waals surface area contributed by atoms with Crippen LogP contribution in [0.2, 0.25) is 0 Å². The molecule has 0 saturated carbocycles. The number of rotatable bonds is 6. The SMILES string of the molecule is Cc1cccc2nc(CN(CC(C)C)CC(C)C)cn12. The molecule has 2 aromatic heterocycles. The van der Waals surface area contributed by atoms with E-state index >= 15 is 0 Å². The summed E-state index contributed by atoms with van der Waals surface area (Å²) in [5.41, 5.74) is 3.45. The third-order valence-corrected chi connectivity index (χ3v) is 3.38. The van der Waals surface area contributed by atoms with Crippen LogP contribution in [-0.2, 0) is 6.54 Å². The van der Waals surface area contributed by atoms with E-state index in [4.69, 9.17) is 4.98 Å². The lowest BCUT2D eigenvalue weighted by Gasteiger charge is -2.25. The summed E-state index contributed by atoms with van der Waals surface area (Å²) in [6.45, 7) is 14.4. The van der Waals surface area contributed by atoms with Gasteiger partial charge in [0, 0.05) is 31.5 Å². The number of hydrogen-bond donors (Lipinski definition) is 0. The molecule has 0 spiro atoms. The minimum absolute atomic E-state index is 0.688. The number of aryl methyl sites for hydroxylation is 1. The fraction of sp³-hybridized carbons (Fsp3) is 0.588. The van der Waals surface area contributed by atoms with E-state index < -0.39 is 0 Å². The van der Waals surface area contributed by atoms with Crippen molar-refractivity contribution in [3.8, 4) is 0 Å². The van der Waals surface area contributed by atoms with Gasteiger partial charge in [-0.25, -0.2) is 4.98 Å². The highest BCUT2D eigenvalue weighted by molar-refractivity contribution is 5.41. The second-order valence-corrected chi connectivity index (χ2v) is 6.61. The summed E-state index contributed by atoms with van der Waals surface area (Å²) in [6, 6.07) is 6.27. The van der Waals surface area contributed by atoms with Crippen molar-refractivity contribution in [1.29, 1.82) is 0 Å². The van der Waals surface area contributed by atoms with Crippen molar-refractivity contribution in [2.24, 2.45) is 11.8 Å². The molecule has 0 aliphatic heterocycles. The minimum atomic E-state index is 0.688. The molecule has 0 fully saturated rings. The predicted molar refractivity (Wildman–Crippen MR) is 84.9 cm³/mol. The molecule has 0 unspecified atom stereocenters. The van der Waals surface area contributed by atoms with Gasteiger partial charge in [0.05, 0.1) is 5.69 Å². The van der Waals surface area contributed by atoms with Gasteiger partial charge in [-0.05, 0) is 30.9 Å². The van der Waals surface area contributed by atoms with E-state index in [9.17, 15) is 0 Å². The highest BCUT2D eigenvalue weighted by atomic mass is 15.1. The van der Waals surface area contributed by atoms with Crippen molar-refractivity contribution in [1.82, 2.24) is 14.3 Å². The van der Waals surface area contributed by atoms with Crippen LogP contribution in [-0.4, -0.2) is 27.4 Å². The standard InChI is InChI=1S/C17H27N3/c1-13(2)9-19(10-14(3)4)11-16-12-20-15(5)7-6-8-17(20)18-16/h6-8,12-14H,9-11H2,1-5H3. The van der Waals surface area contributed by atoms with Crippen LogP contribution in [0.4, 0.5) is 0 Å². The molecule has 0 bridgehead atoms. The smallest absolute Gasteiger partial charge is 0.137 e. The van der Waals surface area contributed by atoms with Gasteiger partial charge in [-0.15, -0.1) is 0 Å². The molecule has 0 amide bonds. The lowest BCUT2D eigenvalue weighted by Crippen LogP contribution is -2.31. The lowest BCUT2D eigenvalue weighted by molar-refractivity contribution is 0.209. The Balaban J connectivity index is 2.17. The maximum Gasteiger partial charge on any atom is 0.137 e. The molecule has 2 heterocycles. The topological polar surface area (TPSA) is 20.5 Å². The Morgan fingerprint density at radius 1 is 1.10 bits per heavy atom. The maximum absolute atomic E-state index is 4.75. The Hall–Kier alpha value is -1.35. The molecule has 0 aromatic carbocycles. The van der Waals surface area contributed by atoms with Gasteiger partial charge in [-0.2, -0.15) is 0 Å². The first-order valence-electron chi connectivity index (χ1n) is 7.61. The molecule has 3 nitrogen and oxygen atoms in total. The number of hydrogen-bond acceptors (Lipinski definition) is 2. The van der Waals surface area contributed by atoms with Crippen LogP contribution in [0.5, 0.6) is 0 Å². The van der Waals surface area contributed by atoms with Crippen LogP contribution in [0, 0.1) is 18.8 Å². The van der Waals surface area contributed by atoms with Gasteiger partial charge < -0.3 is 4.40 Å². The van der Waals surface area contributed by atoms with Crippen molar-refractivity contribution in [3.05, 3.63) is 35.8 Å². The monoisotopic (exact) mass is 273 g/mol. The molecule has 20 heavy (non-hydrogen) atoms. The molecule has 2 aromatic rings. The fourth-order valence-corrected chi connectivity index (χ4v) is 2.74. The highest BCUT2D eigenvalue weighted by Crippen LogP contribution is 2.12. The van der Waals surface area contributed by atoms with E-state index in [0.717, 1.165) is 25.3 Å². The number of pyridine rings is 1. The zero-order valence-electron chi connectivity index (χ0n) is 13.4. The number of nitrogens with zero attached hydrogens (tertiary/aromatic N) is 3. The quantitative estimate of drug-likeness (QED) is 0.799. The fourth-order valence-electron chi connectivity index (χ4n) is 2.74. The predicted octanol–water partition coefficient (Wildman–Crippen LogP) is 3.76. The first-order valence-corrected chi connectivity index (χ1v) is 7.61. The van der Waals surface area contributed by atoms with Crippen LogP contribution in [0.25, 0.3) is 5.65 Å². The van der Waals surface area contributed by atoms with E-state index in [1.165, 1.54) is 11.4 Å². The zero-order valence-corrected chi connectivity index (χ0v) is 13.4. The number of imidazole rings is 1. The Bertz CT molecular complexity index is 544. The second kappa shape index (κ2) is 6.40. The summed E-state index contributed by atoms with van der Waals surface area (Å²) in [7, 11) is 0. The molecule has 0 aliphatic carbocycles. The molecule has 0 N–H and O–H groups in total. The van der Waals surface area contributed by atoms with Gasteiger partial charge in [0.2, 0.25) is 0 Å². The molecule has 0 radical (unpaired) electrons. The normalized spacial score (nSPS) is 12.2. The summed E-state index contributed by atoms with van der Waals surface area (Å²) >= 11 is 0. The summed E-state index contributed by atoms with van der Waals surface area (Å²) < 4.78 is 2.18. The number of fused-ring (bicyclic) bond motifs is 1. The Kier molecular flexibility index (Phi) is 4.81. The van der Waals surface area contributed by atoms with Gasteiger partial charge in [0.25, 0.3) is 0 Å². The van der Waals surface area contributed by atoms with Crippen LogP contribution < -0.4 is 0 Å². The average Bonchev–Trinajstić information content (AvgIpc) is 2.71. The number of aromatic nitrogens is 2. The maximum atomic E-state index is 4.75. The summed E-state index contributed by atoms with van der Waals surface area (Å²) in [4.78, 5) is 7.27. The molecule has 0 saturated heterocycles. The van der Waals surface area contributed by atoms with Gasteiger partial charge in [0.1, 0.15) is 5.65 Å². The largest absolute Gasteiger partial charge is 0.304 e. The molecule has 0 atom stereocenters. The molecule has 0 aliphatic rings. The van der Waals surface area contributed by atoms with Crippen LogP contribution in [0.1, 0.15) is 39.1 Å². The first-order chi connectivity index (χ1) is 9.45. The van der Waals surface area contributed by atoms with Gasteiger partial charge in [-0.3, -0.25) is 4.90 Å². The van der Waals surface area contributed by atoms with Crippen molar-refractivity contribution in [2.45, 2.75) is 41.2 Å². The first kappa shape index (κ1) is 15.0. The lowest BCUT2D eigenvalue weighted by atomic mass is 10.1. The van der Waals surface area contributed by atoms with Gasteiger partial charge in [0.15, 0.2) is 0 Å². The highest BCUT2D eigenvalue weighted by Gasteiger charge is 2.12. The van der Waals surface area contributed by atoms with E-state index in [2.05, 4.69) is 68.3 Å². The second-order valence-electron chi connectivity index (χ2n) is 6.61. The molecule has 3 heteroatoms. The third-order valence-electron chi connectivity index (χ3n) is 3.38. The minimum Gasteiger partial charge on any atom is -0.304 e. The Morgan fingerprint density at radius 2 is 1.75 bits per heavy atom.